The van der Waals surface area contributed by atoms with Crippen LogP contribution in [-0.2, 0) is 9.53 Å². The summed E-state index contributed by atoms with van der Waals surface area (Å²) in [6.45, 7) is 3.60. The van der Waals surface area contributed by atoms with Crippen LogP contribution in [0.2, 0.25) is 0 Å². The lowest BCUT2D eigenvalue weighted by molar-refractivity contribution is -0.122. The van der Waals surface area contributed by atoms with Crippen molar-refractivity contribution in [2.24, 2.45) is 0 Å². The summed E-state index contributed by atoms with van der Waals surface area (Å²) in [5, 5.41) is 4.40. The lowest BCUT2D eigenvalue weighted by atomic mass is 10.2. The van der Waals surface area contributed by atoms with E-state index in [1.54, 1.807) is 24.4 Å². The van der Waals surface area contributed by atoms with Crippen molar-refractivity contribution in [2.45, 2.75) is 20.0 Å². The number of rotatable bonds is 5. The van der Waals surface area contributed by atoms with Crippen LogP contribution in [0.3, 0.4) is 0 Å². The number of hydrogen-bond acceptors (Lipinski definition) is 5. The number of methoxy groups -OCH3 is 1. The largest absolute Gasteiger partial charge is 0.481 e. The number of benzene rings is 1. The molecule has 0 unspecified atom stereocenters. The van der Waals surface area contributed by atoms with Gasteiger partial charge in [-0.2, -0.15) is 0 Å². The second-order valence-corrected chi connectivity index (χ2v) is 5.64. The maximum Gasteiger partial charge on any atom is 0.350 e. The first-order valence-corrected chi connectivity index (χ1v) is 7.59. The fourth-order valence-corrected chi connectivity index (χ4v) is 2.60. The third-order valence-electron chi connectivity index (χ3n) is 2.97. The molecule has 1 aromatic heterocycles. The van der Waals surface area contributed by atoms with Crippen LogP contribution in [0, 0.1) is 6.92 Å². The molecule has 0 saturated heterocycles. The Hall–Kier alpha value is -2.34. The van der Waals surface area contributed by atoms with Crippen LogP contribution < -0.4 is 10.1 Å². The highest BCUT2D eigenvalue weighted by atomic mass is 32.1. The van der Waals surface area contributed by atoms with Gasteiger partial charge < -0.3 is 14.8 Å². The molecule has 116 valence electrons. The predicted octanol–water partition coefficient (Wildman–Crippen LogP) is 3.25. The molecule has 0 aliphatic heterocycles. The molecule has 0 radical (unpaired) electrons. The summed E-state index contributed by atoms with van der Waals surface area (Å²) >= 11 is 1.21. The van der Waals surface area contributed by atoms with E-state index in [4.69, 9.17) is 4.74 Å². The Morgan fingerprint density at radius 2 is 2.05 bits per heavy atom. The first kappa shape index (κ1) is 16.0. The molecule has 22 heavy (non-hydrogen) atoms. The second-order valence-electron chi connectivity index (χ2n) is 4.72. The summed E-state index contributed by atoms with van der Waals surface area (Å²) in [5.41, 5.74) is 1.48. The summed E-state index contributed by atoms with van der Waals surface area (Å²) < 4.78 is 10.3. The summed E-state index contributed by atoms with van der Waals surface area (Å²) in [5.74, 6) is -0.177. The van der Waals surface area contributed by atoms with E-state index in [9.17, 15) is 9.59 Å². The van der Waals surface area contributed by atoms with Gasteiger partial charge in [0.05, 0.1) is 12.8 Å². The number of thiophene rings is 1. The van der Waals surface area contributed by atoms with Gasteiger partial charge in [0.25, 0.3) is 5.91 Å². The van der Waals surface area contributed by atoms with Gasteiger partial charge in [-0.3, -0.25) is 4.79 Å². The topological polar surface area (TPSA) is 64.6 Å². The molecule has 5 nitrogen and oxygen atoms in total. The van der Waals surface area contributed by atoms with Crippen molar-refractivity contribution >= 4 is 28.9 Å². The predicted molar refractivity (Wildman–Crippen MR) is 85.6 cm³/mol. The Labute approximate surface area is 132 Å². The smallest absolute Gasteiger partial charge is 0.350 e. The molecule has 1 aromatic carbocycles. The van der Waals surface area contributed by atoms with Gasteiger partial charge in [0, 0.05) is 0 Å². The lowest BCUT2D eigenvalue weighted by Crippen LogP contribution is -2.30. The zero-order valence-corrected chi connectivity index (χ0v) is 13.4. The van der Waals surface area contributed by atoms with E-state index in [1.807, 2.05) is 25.1 Å². The van der Waals surface area contributed by atoms with Crippen LogP contribution in [0.1, 0.15) is 22.2 Å². The quantitative estimate of drug-likeness (QED) is 0.859. The number of anilines is 1. The molecule has 0 aliphatic carbocycles. The molecule has 2 aromatic rings. The van der Waals surface area contributed by atoms with Gasteiger partial charge in [0.2, 0.25) is 0 Å². The van der Waals surface area contributed by atoms with Crippen molar-refractivity contribution in [3.63, 3.8) is 0 Å². The van der Waals surface area contributed by atoms with Crippen LogP contribution in [0.15, 0.2) is 35.7 Å². The SMILES string of the molecule is COC(=O)c1sccc1NC(=O)[C@H](C)Oc1cccc(C)c1. The van der Waals surface area contributed by atoms with E-state index in [0.717, 1.165) is 5.56 Å². The molecule has 1 amide bonds. The van der Waals surface area contributed by atoms with Gasteiger partial charge in [-0.25, -0.2) is 4.79 Å². The summed E-state index contributed by atoms with van der Waals surface area (Å²) in [7, 11) is 1.30. The number of nitrogens with one attached hydrogen (secondary N) is 1. The van der Waals surface area contributed by atoms with Crippen molar-refractivity contribution in [3.8, 4) is 5.75 Å². The first-order chi connectivity index (χ1) is 10.5. The van der Waals surface area contributed by atoms with Crippen LogP contribution in [0.5, 0.6) is 5.75 Å². The zero-order chi connectivity index (χ0) is 16.1. The van der Waals surface area contributed by atoms with E-state index in [0.29, 0.717) is 16.3 Å². The molecular formula is C16H17NO4S. The molecule has 1 atom stereocenters. The zero-order valence-electron chi connectivity index (χ0n) is 12.6. The fraction of sp³-hybridized carbons (Fsp3) is 0.250. The number of aryl methyl sites for hydroxylation is 1. The molecule has 0 saturated carbocycles. The standard InChI is InChI=1S/C16H17NO4S/c1-10-5-4-6-12(9-10)21-11(2)15(18)17-13-7-8-22-14(13)16(19)20-3/h4-9,11H,1-3H3,(H,17,18)/t11-/m0/s1. The summed E-state index contributed by atoms with van der Waals surface area (Å²) in [6, 6.07) is 9.12. The molecular weight excluding hydrogens is 302 g/mol. The lowest BCUT2D eigenvalue weighted by Gasteiger charge is -2.15. The molecule has 1 heterocycles. The van der Waals surface area contributed by atoms with Gasteiger partial charge in [0.15, 0.2) is 6.10 Å². The van der Waals surface area contributed by atoms with Crippen molar-refractivity contribution < 1.29 is 19.1 Å². The highest BCUT2D eigenvalue weighted by molar-refractivity contribution is 7.12. The Morgan fingerprint density at radius 1 is 1.27 bits per heavy atom. The number of carbonyl (C=O) groups is 2. The third-order valence-corrected chi connectivity index (χ3v) is 3.86. The van der Waals surface area contributed by atoms with Crippen LogP contribution >= 0.6 is 11.3 Å². The Kier molecular flexibility index (Phi) is 5.16. The number of ether oxygens (including phenoxy) is 2. The molecule has 0 fully saturated rings. The number of amides is 1. The number of carbonyl (C=O) groups excluding carboxylic acids is 2. The van der Waals surface area contributed by atoms with Gasteiger partial charge in [-0.15, -0.1) is 11.3 Å². The Morgan fingerprint density at radius 3 is 2.73 bits per heavy atom. The van der Waals surface area contributed by atoms with Gasteiger partial charge in [0.1, 0.15) is 10.6 Å². The summed E-state index contributed by atoms with van der Waals surface area (Å²) in [4.78, 5) is 24.1. The molecule has 0 bridgehead atoms. The second kappa shape index (κ2) is 7.09. The van der Waals surface area contributed by atoms with Gasteiger partial charge in [-0.1, -0.05) is 12.1 Å². The van der Waals surface area contributed by atoms with E-state index in [2.05, 4.69) is 10.1 Å². The highest BCUT2D eigenvalue weighted by Gasteiger charge is 2.20. The maximum absolute atomic E-state index is 12.2. The van der Waals surface area contributed by atoms with Crippen LogP contribution in [-0.4, -0.2) is 25.1 Å². The molecule has 6 heteroatoms. The van der Waals surface area contributed by atoms with E-state index < -0.39 is 12.1 Å². The molecule has 0 aliphatic rings. The van der Waals surface area contributed by atoms with E-state index in [1.165, 1.54) is 18.4 Å². The average Bonchev–Trinajstić information content (AvgIpc) is 2.94. The van der Waals surface area contributed by atoms with E-state index >= 15 is 0 Å². The minimum absolute atomic E-state index is 0.329. The minimum atomic E-state index is -0.688. The maximum atomic E-state index is 12.2. The van der Waals surface area contributed by atoms with Crippen molar-refractivity contribution in [2.75, 3.05) is 12.4 Å². The number of esters is 1. The first-order valence-electron chi connectivity index (χ1n) is 6.71. The minimum Gasteiger partial charge on any atom is -0.481 e. The van der Waals surface area contributed by atoms with Gasteiger partial charge >= 0.3 is 5.97 Å². The van der Waals surface area contributed by atoms with Crippen molar-refractivity contribution in [1.29, 1.82) is 0 Å². The molecule has 1 N–H and O–H groups in total. The molecule has 2 rings (SSSR count). The highest BCUT2D eigenvalue weighted by Crippen LogP contribution is 2.23. The van der Waals surface area contributed by atoms with Gasteiger partial charge in [-0.05, 0) is 43.0 Å². The van der Waals surface area contributed by atoms with Crippen LogP contribution in [0.4, 0.5) is 5.69 Å². The third kappa shape index (κ3) is 3.85. The fourth-order valence-electron chi connectivity index (χ4n) is 1.84. The van der Waals surface area contributed by atoms with E-state index in [-0.39, 0.29) is 5.91 Å². The Bertz CT molecular complexity index is 680. The molecule has 0 spiro atoms. The van der Waals surface area contributed by atoms with Crippen molar-refractivity contribution in [1.82, 2.24) is 0 Å². The average molecular weight is 319 g/mol. The Balaban J connectivity index is 2.03. The monoisotopic (exact) mass is 319 g/mol. The number of hydrogen-bond donors (Lipinski definition) is 1. The normalized spacial score (nSPS) is 11.6. The van der Waals surface area contributed by atoms with Crippen LogP contribution in [0.25, 0.3) is 0 Å². The summed E-state index contributed by atoms with van der Waals surface area (Å²) in [6.07, 6.45) is -0.688. The van der Waals surface area contributed by atoms with Crippen molar-refractivity contribution in [3.05, 3.63) is 46.2 Å².